The molecule has 2 aromatic carbocycles. The molecule has 10 heteroatoms. The number of para-hydroxylation sites is 1. The van der Waals surface area contributed by atoms with E-state index < -0.39 is 23.4 Å². The van der Waals surface area contributed by atoms with Crippen LogP contribution in [-0.2, 0) is 11.2 Å². The van der Waals surface area contributed by atoms with Crippen molar-refractivity contribution in [3.8, 4) is 5.75 Å². The Labute approximate surface area is 182 Å². The third-order valence-electron chi connectivity index (χ3n) is 5.83. The van der Waals surface area contributed by atoms with Gasteiger partial charge in [-0.3, -0.25) is 19.7 Å². The molecule has 0 saturated carbocycles. The van der Waals surface area contributed by atoms with Crippen molar-refractivity contribution in [2.75, 3.05) is 24.5 Å². The number of carbonyl (C=O) groups excluding carboxylic acids is 2. The van der Waals surface area contributed by atoms with Crippen molar-refractivity contribution in [3.63, 3.8) is 0 Å². The van der Waals surface area contributed by atoms with Crippen LogP contribution in [-0.4, -0.2) is 47.9 Å². The molecule has 2 aromatic rings. The van der Waals surface area contributed by atoms with Crippen LogP contribution < -0.4 is 9.64 Å². The highest BCUT2D eigenvalue weighted by Crippen LogP contribution is 2.34. The summed E-state index contributed by atoms with van der Waals surface area (Å²) in [7, 11) is 0. The second kappa shape index (κ2) is 8.89. The number of hydrogen-bond acceptors (Lipinski definition) is 5. The smallest absolute Gasteiger partial charge is 0.387 e. The number of amides is 2. The van der Waals surface area contributed by atoms with Crippen LogP contribution in [0.2, 0.25) is 0 Å². The number of rotatable bonds is 5. The second-order valence-corrected chi connectivity index (χ2v) is 7.77. The molecular formula is C22H21F2N3O5. The second-order valence-electron chi connectivity index (χ2n) is 7.77. The first kappa shape index (κ1) is 21.7. The first-order valence-corrected chi connectivity index (χ1v) is 10.3. The highest BCUT2D eigenvalue weighted by Gasteiger charge is 2.35. The monoisotopic (exact) mass is 445 g/mol. The highest BCUT2D eigenvalue weighted by molar-refractivity contribution is 5.99. The molecular weight excluding hydrogens is 424 g/mol. The quantitative estimate of drug-likeness (QED) is 0.518. The molecule has 0 bridgehead atoms. The Kier molecular flexibility index (Phi) is 6.02. The summed E-state index contributed by atoms with van der Waals surface area (Å²) in [6.07, 6.45) is 1.72. The average Bonchev–Trinajstić information content (AvgIpc) is 3.21. The number of nitrogens with zero attached hydrogens (tertiary/aromatic N) is 3. The number of likely N-dealkylation sites (tertiary alicyclic amines) is 1. The van der Waals surface area contributed by atoms with Gasteiger partial charge in [-0.25, -0.2) is 0 Å². The lowest BCUT2D eigenvalue weighted by Crippen LogP contribution is -2.46. The maximum atomic E-state index is 13.2. The fraction of sp³-hybridized carbons (Fsp3) is 0.364. The zero-order valence-electron chi connectivity index (χ0n) is 17.1. The molecule has 2 aliphatic rings. The number of alkyl halides is 2. The predicted octanol–water partition coefficient (Wildman–Crippen LogP) is 3.64. The Balaban J connectivity index is 1.49. The van der Waals surface area contributed by atoms with Crippen molar-refractivity contribution in [1.82, 2.24) is 4.90 Å². The van der Waals surface area contributed by atoms with E-state index in [0.29, 0.717) is 38.0 Å². The molecule has 32 heavy (non-hydrogen) atoms. The SMILES string of the molecule is O=C(c1ccccc1OC(F)F)N1CCCC(C(=O)N2CCc3cc([N+](=O)[O-])ccc32)C1. The van der Waals surface area contributed by atoms with E-state index >= 15 is 0 Å². The number of benzene rings is 2. The van der Waals surface area contributed by atoms with Gasteiger partial charge in [-0.1, -0.05) is 12.1 Å². The summed E-state index contributed by atoms with van der Waals surface area (Å²) in [6.45, 7) is -2.05. The van der Waals surface area contributed by atoms with Gasteiger partial charge in [-0.2, -0.15) is 8.78 Å². The van der Waals surface area contributed by atoms with Crippen molar-refractivity contribution in [1.29, 1.82) is 0 Å². The summed E-state index contributed by atoms with van der Waals surface area (Å²) in [4.78, 5) is 39.9. The molecule has 1 atom stereocenters. The van der Waals surface area contributed by atoms with Crippen LogP contribution in [0.1, 0.15) is 28.8 Å². The topological polar surface area (TPSA) is 93.0 Å². The molecule has 2 amide bonds. The lowest BCUT2D eigenvalue weighted by atomic mass is 9.95. The van der Waals surface area contributed by atoms with Crippen LogP contribution in [0.3, 0.4) is 0 Å². The minimum atomic E-state index is -3.05. The van der Waals surface area contributed by atoms with Gasteiger partial charge in [0.25, 0.3) is 11.6 Å². The lowest BCUT2D eigenvalue weighted by Gasteiger charge is -2.34. The molecule has 1 saturated heterocycles. The molecule has 0 spiro atoms. The van der Waals surface area contributed by atoms with Gasteiger partial charge in [-0.15, -0.1) is 0 Å². The average molecular weight is 445 g/mol. The number of nitro groups is 1. The molecule has 0 aromatic heterocycles. The van der Waals surface area contributed by atoms with Crippen molar-refractivity contribution in [3.05, 3.63) is 63.7 Å². The van der Waals surface area contributed by atoms with Crippen molar-refractivity contribution < 1.29 is 28.0 Å². The van der Waals surface area contributed by atoms with Crippen molar-refractivity contribution >= 4 is 23.2 Å². The minimum Gasteiger partial charge on any atom is -0.434 e. The summed E-state index contributed by atoms with van der Waals surface area (Å²) >= 11 is 0. The molecule has 168 valence electrons. The van der Waals surface area contributed by atoms with E-state index in [2.05, 4.69) is 4.74 Å². The van der Waals surface area contributed by atoms with Crippen molar-refractivity contribution in [2.24, 2.45) is 5.92 Å². The Morgan fingerprint density at radius 1 is 1.16 bits per heavy atom. The van der Waals surface area contributed by atoms with Crippen molar-refractivity contribution in [2.45, 2.75) is 25.9 Å². The fourth-order valence-corrected chi connectivity index (χ4v) is 4.33. The number of hydrogen-bond donors (Lipinski definition) is 0. The largest absolute Gasteiger partial charge is 0.434 e. The normalized spacial score (nSPS) is 17.9. The first-order chi connectivity index (χ1) is 15.3. The predicted molar refractivity (Wildman–Crippen MR) is 111 cm³/mol. The zero-order chi connectivity index (χ0) is 22.8. The van der Waals surface area contributed by atoms with Gasteiger partial charge >= 0.3 is 6.61 Å². The third-order valence-corrected chi connectivity index (χ3v) is 5.83. The summed E-state index contributed by atoms with van der Waals surface area (Å²) in [5.41, 5.74) is 1.41. The number of ether oxygens (including phenoxy) is 1. The standard InChI is InChI=1S/C22H21F2N3O5/c23-22(24)32-19-6-2-1-5-17(19)21(29)25-10-3-4-15(13-25)20(28)26-11-9-14-12-16(27(30)31)7-8-18(14)26/h1-2,5-8,12,15,22H,3-4,9-11,13H2. The Morgan fingerprint density at radius 2 is 1.94 bits per heavy atom. The molecule has 2 heterocycles. The summed E-state index contributed by atoms with van der Waals surface area (Å²) in [5, 5.41) is 11.0. The molecule has 0 N–H and O–H groups in total. The van der Waals surface area contributed by atoms with E-state index in [-0.39, 0.29) is 29.5 Å². The number of nitro benzene ring substituents is 1. The van der Waals surface area contributed by atoms with E-state index in [1.165, 1.54) is 35.2 Å². The molecule has 0 aliphatic carbocycles. The van der Waals surface area contributed by atoms with Crippen LogP contribution in [0.5, 0.6) is 5.75 Å². The number of non-ortho nitro benzene ring substituents is 1. The summed E-state index contributed by atoms with van der Waals surface area (Å²) in [6, 6.07) is 10.3. The van der Waals surface area contributed by atoms with Gasteiger partial charge in [0.15, 0.2) is 0 Å². The van der Waals surface area contributed by atoms with Crippen LogP contribution in [0, 0.1) is 16.0 Å². The summed E-state index contributed by atoms with van der Waals surface area (Å²) < 4.78 is 29.9. The molecule has 1 fully saturated rings. The number of piperidine rings is 1. The number of fused-ring (bicyclic) bond motifs is 1. The van der Waals surface area contributed by atoms with Gasteiger partial charge in [0.2, 0.25) is 5.91 Å². The van der Waals surface area contributed by atoms with Gasteiger partial charge < -0.3 is 14.5 Å². The van der Waals surface area contributed by atoms with Crippen LogP contribution in [0.15, 0.2) is 42.5 Å². The van der Waals surface area contributed by atoms with E-state index in [1.807, 2.05) is 0 Å². The Hall–Kier alpha value is -3.56. The molecule has 2 aliphatic heterocycles. The lowest BCUT2D eigenvalue weighted by molar-refractivity contribution is -0.384. The fourth-order valence-electron chi connectivity index (χ4n) is 4.33. The van der Waals surface area contributed by atoms with Gasteiger partial charge in [0.05, 0.1) is 16.4 Å². The van der Waals surface area contributed by atoms with Crippen LogP contribution in [0.25, 0.3) is 0 Å². The zero-order valence-corrected chi connectivity index (χ0v) is 17.1. The molecule has 0 radical (unpaired) electrons. The Bertz CT molecular complexity index is 1060. The van der Waals surface area contributed by atoms with Crippen LogP contribution in [0.4, 0.5) is 20.2 Å². The third kappa shape index (κ3) is 4.25. The van der Waals surface area contributed by atoms with E-state index in [4.69, 9.17) is 0 Å². The van der Waals surface area contributed by atoms with Gasteiger partial charge in [-0.05, 0) is 43.0 Å². The first-order valence-electron chi connectivity index (χ1n) is 10.3. The molecule has 4 rings (SSSR count). The minimum absolute atomic E-state index is 0.0165. The summed E-state index contributed by atoms with van der Waals surface area (Å²) in [5.74, 6) is -1.25. The number of halogens is 2. The van der Waals surface area contributed by atoms with E-state index in [1.54, 1.807) is 17.0 Å². The highest BCUT2D eigenvalue weighted by atomic mass is 19.3. The number of anilines is 1. The van der Waals surface area contributed by atoms with Gasteiger partial charge in [0, 0.05) is 37.5 Å². The molecule has 1 unspecified atom stereocenters. The Morgan fingerprint density at radius 3 is 2.69 bits per heavy atom. The maximum absolute atomic E-state index is 13.2. The van der Waals surface area contributed by atoms with E-state index in [0.717, 1.165) is 5.56 Å². The van der Waals surface area contributed by atoms with Crippen LogP contribution >= 0.6 is 0 Å². The maximum Gasteiger partial charge on any atom is 0.387 e. The van der Waals surface area contributed by atoms with Gasteiger partial charge in [0.1, 0.15) is 5.75 Å². The molecule has 8 nitrogen and oxygen atoms in total. The van der Waals surface area contributed by atoms with E-state index in [9.17, 15) is 28.5 Å². The number of carbonyl (C=O) groups is 2.